The van der Waals surface area contributed by atoms with Gasteiger partial charge in [0.05, 0.1) is 18.2 Å². The minimum atomic E-state index is -0.668. The van der Waals surface area contributed by atoms with Crippen molar-refractivity contribution in [2.24, 2.45) is 5.92 Å². The number of hydrogen-bond donors (Lipinski definition) is 1. The molecule has 0 aliphatic carbocycles. The molecular weight excluding hydrogens is 418 g/mol. The summed E-state index contributed by atoms with van der Waals surface area (Å²) >= 11 is 0. The highest BCUT2D eigenvalue weighted by Gasteiger charge is 2.45. The first-order chi connectivity index (χ1) is 15.7. The Morgan fingerprint density at radius 3 is 2.48 bits per heavy atom. The predicted octanol–water partition coefficient (Wildman–Crippen LogP) is 3.80. The number of aliphatic hydroxyl groups excluding tert-OH is 1. The summed E-state index contributed by atoms with van der Waals surface area (Å²) in [5, 5.41) is 11.3. The van der Waals surface area contributed by atoms with E-state index in [2.05, 4.69) is 18.8 Å². The molecule has 2 heterocycles. The average molecular weight is 452 g/mol. The van der Waals surface area contributed by atoms with Crippen LogP contribution < -0.4 is 4.74 Å². The molecule has 1 fully saturated rings. The third-order valence-electron chi connectivity index (χ3n) is 5.60. The number of aromatic nitrogens is 1. The number of Topliss-reactive ketones (excluding diaryl/α,β-unsaturated/α-hetero) is 1. The van der Waals surface area contributed by atoms with Crippen LogP contribution in [0.3, 0.4) is 0 Å². The van der Waals surface area contributed by atoms with Crippen molar-refractivity contribution in [3.8, 4) is 5.75 Å². The van der Waals surface area contributed by atoms with E-state index in [0.717, 1.165) is 17.7 Å². The van der Waals surface area contributed by atoms with E-state index in [9.17, 15) is 14.7 Å². The highest BCUT2D eigenvalue weighted by atomic mass is 16.5. The molecule has 0 bridgehead atoms. The summed E-state index contributed by atoms with van der Waals surface area (Å²) in [6.07, 6.45) is 3.96. The van der Waals surface area contributed by atoms with Crippen LogP contribution in [0.1, 0.15) is 43.0 Å². The van der Waals surface area contributed by atoms with Crippen LogP contribution in [-0.2, 0) is 9.59 Å². The lowest BCUT2D eigenvalue weighted by atomic mass is 9.94. The van der Waals surface area contributed by atoms with Gasteiger partial charge in [-0.1, -0.05) is 13.8 Å². The molecule has 1 aromatic carbocycles. The minimum Gasteiger partial charge on any atom is -0.507 e. The molecule has 7 nitrogen and oxygen atoms in total. The molecule has 33 heavy (non-hydrogen) atoms. The van der Waals surface area contributed by atoms with Crippen LogP contribution in [0, 0.1) is 12.8 Å². The number of carbonyl (C=O) groups excluding carboxylic acids is 2. The molecule has 3 rings (SSSR count). The van der Waals surface area contributed by atoms with E-state index >= 15 is 0 Å². The first-order valence-corrected chi connectivity index (χ1v) is 11.3. The van der Waals surface area contributed by atoms with Crippen molar-refractivity contribution < 1.29 is 19.4 Å². The summed E-state index contributed by atoms with van der Waals surface area (Å²) in [6, 6.07) is 8.25. The summed E-state index contributed by atoms with van der Waals surface area (Å²) in [5.41, 5.74) is 2.12. The van der Waals surface area contributed by atoms with Crippen LogP contribution in [0.15, 0.2) is 48.3 Å². The third kappa shape index (κ3) is 5.60. The highest BCUT2D eigenvalue weighted by Crippen LogP contribution is 2.40. The van der Waals surface area contributed by atoms with Crippen LogP contribution in [0.25, 0.3) is 5.76 Å². The maximum absolute atomic E-state index is 13.1. The molecule has 1 aromatic heterocycles. The van der Waals surface area contributed by atoms with Gasteiger partial charge in [-0.05, 0) is 81.4 Å². The van der Waals surface area contributed by atoms with E-state index < -0.39 is 17.7 Å². The van der Waals surface area contributed by atoms with E-state index in [-0.39, 0.29) is 11.3 Å². The zero-order valence-electron chi connectivity index (χ0n) is 20.0. The van der Waals surface area contributed by atoms with E-state index in [4.69, 9.17) is 4.74 Å². The van der Waals surface area contributed by atoms with Gasteiger partial charge in [-0.2, -0.15) is 0 Å². The number of aliphatic hydroxyl groups is 1. The zero-order valence-corrected chi connectivity index (χ0v) is 20.0. The number of nitrogens with zero attached hydrogens (tertiary/aromatic N) is 3. The van der Waals surface area contributed by atoms with Gasteiger partial charge < -0.3 is 19.6 Å². The summed E-state index contributed by atoms with van der Waals surface area (Å²) < 4.78 is 5.78. The number of likely N-dealkylation sites (tertiary alicyclic amines) is 1. The van der Waals surface area contributed by atoms with Gasteiger partial charge in [0, 0.05) is 24.5 Å². The van der Waals surface area contributed by atoms with Crippen molar-refractivity contribution in [1.82, 2.24) is 14.8 Å². The number of benzene rings is 1. The van der Waals surface area contributed by atoms with Crippen molar-refractivity contribution in [3.05, 3.63) is 65.0 Å². The van der Waals surface area contributed by atoms with E-state index in [0.29, 0.717) is 36.8 Å². The van der Waals surface area contributed by atoms with Gasteiger partial charge in [0.1, 0.15) is 11.5 Å². The quantitative estimate of drug-likeness (QED) is 0.355. The topological polar surface area (TPSA) is 83.0 Å². The Balaban J connectivity index is 2.02. The lowest BCUT2D eigenvalue weighted by molar-refractivity contribution is -0.139. The molecule has 1 amide bonds. The Hall–Kier alpha value is -3.19. The second kappa shape index (κ2) is 10.6. The number of rotatable bonds is 9. The van der Waals surface area contributed by atoms with E-state index in [1.54, 1.807) is 41.6 Å². The molecule has 1 atom stereocenters. The molecule has 1 saturated heterocycles. The number of aryl methyl sites for hydroxylation is 1. The Bertz CT molecular complexity index is 1030. The molecular formula is C26H33N3O4. The largest absolute Gasteiger partial charge is 0.507 e. The molecule has 0 saturated carbocycles. The number of carbonyl (C=O) groups is 2. The van der Waals surface area contributed by atoms with Crippen molar-refractivity contribution in [3.63, 3.8) is 0 Å². The molecule has 7 heteroatoms. The number of hydrogen-bond acceptors (Lipinski definition) is 6. The molecule has 1 unspecified atom stereocenters. The highest BCUT2D eigenvalue weighted by molar-refractivity contribution is 6.46. The molecule has 1 aliphatic rings. The summed E-state index contributed by atoms with van der Waals surface area (Å²) in [6.45, 7) is 7.78. The van der Waals surface area contributed by atoms with Crippen LogP contribution in [-0.4, -0.2) is 65.4 Å². The van der Waals surface area contributed by atoms with E-state index in [1.165, 1.54) is 0 Å². The second-order valence-corrected chi connectivity index (χ2v) is 9.11. The van der Waals surface area contributed by atoms with Crippen LogP contribution in [0.4, 0.5) is 0 Å². The SMILES string of the molecule is Cc1cc(OCC(C)C)ccc1/C(O)=C1\C(=O)C(=O)N(CCCN(C)C)C1c1ccncc1. The van der Waals surface area contributed by atoms with Gasteiger partial charge in [0.15, 0.2) is 0 Å². The van der Waals surface area contributed by atoms with Crippen molar-refractivity contribution >= 4 is 17.4 Å². The summed E-state index contributed by atoms with van der Waals surface area (Å²) in [5.74, 6) is -0.335. The van der Waals surface area contributed by atoms with Crippen molar-refractivity contribution in [1.29, 1.82) is 0 Å². The smallest absolute Gasteiger partial charge is 0.295 e. The number of ether oxygens (including phenoxy) is 1. The summed E-state index contributed by atoms with van der Waals surface area (Å²) in [4.78, 5) is 33.7. The van der Waals surface area contributed by atoms with Gasteiger partial charge in [-0.25, -0.2) is 0 Å². The van der Waals surface area contributed by atoms with Gasteiger partial charge in [0.25, 0.3) is 11.7 Å². The Morgan fingerprint density at radius 1 is 1.18 bits per heavy atom. The van der Waals surface area contributed by atoms with Crippen LogP contribution in [0.5, 0.6) is 5.75 Å². The predicted molar refractivity (Wildman–Crippen MR) is 128 cm³/mol. The number of ketones is 1. The average Bonchev–Trinajstić information content (AvgIpc) is 3.02. The number of amides is 1. The first kappa shape index (κ1) is 24.5. The van der Waals surface area contributed by atoms with Gasteiger partial charge >= 0.3 is 0 Å². The summed E-state index contributed by atoms with van der Waals surface area (Å²) in [7, 11) is 3.93. The van der Waals surface area contributed by atoms with Crippen LogP contribution >= 0.6 is 0 Å². The molecule has 176 valence electrons. The zero-order chi connectivity index (χ0) is 24.1. The van der Waals surface area contributed by atoms with Crippen molar-refractivity contribution in [2.75, 3.05) is 33.8 Å². The monoisotopic (exact) mass is 451 g/mol. The fraction of sp³-hybridized carbons (Fsp3) is 0.423. The number of pyridine rings is 1. The Kier molecular flexibility index (Phi) is 7.87. The standard InChI is InChI=1S/C26H33N3O4/c1-17(2)16-33-20-7-8-21(18(3)15-20)24(30)22-23(19-9-11-27-12-10-19)29(26(32)25(22)31)14-6-13-28(4)5/h7-12,15,17,23,30H,6,13-14,16H2,1-5H3/b24-22+. The van der Waals surface area contributed by atoms with Crippen LogP contribution in [0.2, 0.25) is 0 Å². The molecule has 1 N–H and O–H groups in total. The fourth-order valence-electron chi connectivity index (χ4n) is 3.96. The fourth-order valence-corrected chi connectivity index (χ4v) is 3.96. The van der Waals surface area contributed by atoms with Gasteiger partial charge in [-0.3, -0.25) is 14.6 Å². The van der Waals surface area contributed by atoms with Gasteiger partial charge in [-0.15, -0.1) is 0 Å². The maximum Gasteiger partial charge on any atom is 0.295 e. The van der Waals surface area contributed by atoms with Crippen molar-refractivity contribution in [2.45, 2.75) is 33.2 Å². The maximum atomic E-state index is 13.1. The molecule has 1 aliphatic heterocycles. The Labute approximate surface area is 195 Å². The minimum absolute atomic E-state index is 0.106. The molecule has 0 radical (unpaired) electrons. The second-order valence-electron chi connectivity index (χ2n) is 9.11. The lowest BCUT2D eigenvalue weighted by Crippen LogP contribution is -2.32. The molecule has 2 aromatic rings. The third-order valence-corrected chi connectivity index (χ3v) is 5.60. The normalized spacial score (nSPS) is 17.9. The van der Waals surface area contributed by atoms with Gasteiger partial charge in [0.2, 0.25) is 0 Å². The van der Waals surface area contributed by atoms with E-state index in [1.807, 2.05) is 32.0 Å². The lowest BCUT2D eigenvalue weighted by Gasteiger charge is -2.26. The Morgan fingerprint density at radius 2 is 1.88 bits per heavy atom. The first-order valence-electron chi connectivity index (χ1n) is 11.3. The molecule has 0 spiro atoms.